The van der Waals surface area contributed by atoms with Crippen LogP contribution in [-0.4, -0.2) is 38.6 Å². The van der Waals surface area contributed by atoms with E-state index in [9.17, 15) is 8.42 Å². The third-order valence-electron chi connectivity index (χ3n) is 4.46. The molecular weight excluding hydrogens is 436 g/mol. The molecule has 3 rings (SSSR count). The van der Waals surface area contributed by atoms with Crippen LogP contribution in [0.2, 0.25) is 0 Å². The van der Waals surface area contributed by atoms with Crippen LogP contribution >= 0.6 is 11.3 Å². The normalized spacial score (nSPS) is 11.5. The standard InChI is InChI=1S/C21H26N4O4S2/c1-12(2)23-21-24-14(4)20(30-21)15-7-8-17(28-5)18(10-15)31(26,27)25-16-11-22-19(29-6)9-13(16)3/h7-12,25H,1-6H3,(H,23,24). The summed E-state index contributed by atoms with van der Waals surface area (Å²) in [4.78, 5) is 9.56. The van der Waals surface area contributed by atoms with Crippen molar-refractivity contribution in [3.05, 3.63) is 41.7 Å². The van der Waals surface area contributed by atoms with Gasteiger partial charge in [0.2, 0.25) is 5.88 Å². The number of nitrogens with one attached hydrogen (secondary N) is 2. The van der Waals surface area contributed by atoms with Crippen LogP contribution in [0.1, 0.15) is 25.1 Å². The van der Waals surface area contributed by atoms with E-state index in [4.69, 9.17) is 9.47 Å². The summed E-state index contributed by atoms with van der Waals surface area (Å²) in [6.45, 7) is 7.76. The maximum absolute atomic E-state index is 13.2. The van der Waals surface area contributed by atoms with Gasteiger partial charge in [-0.05, 0) is 57.0 Å². The highest BCUT2D eigenvalue weighted by Gasteiger charge is 2.23. The van der Waals surface area contributed by atoms with E-state index in [-0.39, 0.29) is 16.7 Å². The zero-order valence-electron chi connectivity index (χ0n) is 18.3. The first-order valence-electron chi connectivity index (χ1n) is 9.60. The van der Waals surface area contributed by atoms with E-state index in [0.717, 1.165) is 21.3 Å². The lowest BCUT2D eigenvalue weighted by molar-refractivity contribution is 0.397. The average molecular weight is 463 g/mol. The summed E-state index contributed by atoms with van der Waals surface area (Å²) >= 11 is 1.48. The number of nitrogens with zero attached hydrogens (tertiary/aromatic N) is 2. The molecule has 0 saturated heterocycles. The van der Waals surface area contributed by atoms with E-state index in [1.54, 1.807) is 25.1 Å². The van der Waals surface area contributed by atoms with Crippen LogP contribution in [-0.2, 0) is 10.0 Å². The molecule has 0 aliphatic carbocycles. The van der Waals surface area contributed by atoms with Gasteiger partial charge in [-0.15, -0.1) is 0 Å². The van der Waals surface area contributed by atoms with Gasteiger partial charge in [0.05, 0.1) is 36.7 Å². The van der Waals surface area contributed by atoms with Gasteiger partial charge in [-0.2, -0.15) is 0 Å². The van der Waals surface area contributed by atoms with Gasteiger partial charge in [-0.1, -0.05) is 11.3 Å². The smallest absolute Gasteiger partial charge is 0.265 e. The zero-order valence-corrected chi connectivity index (χ0v) is 19.9. The summed E-state index contributed by atoms with van der Waals surface area (Å²) < 4.78 is 39.5. The molecule has 0 atom stereocenters. The Morgan fingerprint density at radius 2 is 1.84 bits per heavy atom. The fourth-order valence-electron chi connectivity index (χ4n) is 2.95. The number of pyridine rings is 1. The highest BCUT2D eigenvalue weighted by atomic mass is 32.2. The molecule has 0 bridgehead atoms. The molecule has 2 N–H and O–H groups in total. The summed E-state index contributed by atoms with van der Waals surface area (Å²) in [7, 11) is -0.994. The number of aromatic nitrogens is 2. The largest absolute Gasteiger partial charge is 0.495 e. The SMILES string of the molecule is COc1cc(C)c(NS(=O)(=O)c2cc(-c3sc(NC(C)C)nc3C)ccc2OC)cn1. The van der Waals surface area contributed by atoms with Crippen LogP contribution < -0.4 is 19.5 Å². The molecule has 0 radical (unpaired) electrons. The Balaban J connectivity index is 2.01. The van der Waals surface area contributed by atoms with Gasteiger partial charge < -0.3 is 14.8 Å². The Kier molecular flexibility index (Phi) is 6.71. The van der Waals surface area contributed by atoms with Crippen molar-refractivity contribution in [3.63, 3.8) is 0 Å². The molecule has 0 saturated carbocycles. The predicted molar refractivity (Wildman–Crippen MR) is 124 cm³/mol. The number of sulfonamides is 1. The number of hydrogen-bond donors (Lipinski definition) is 2. The fraction of sp³-hybridized carbons (Fsp3) is 0.333. The van der Waals surface area contributed by atoms with Crippen LogP contribution in [0.5, 0.6) is 11.6 Å². The van der Waals surface area contributed by atoms with Crippen molar-refractivity contribution in [1.82, 2.24) is 9.97 Å². The van der Waals surface area contributed by atoms with Gasteiger partial charge in [0.15, 0.2) is 5.13 Å². The fourth-order valence-corrected chi connectivity index (χ4v) is 5.37. The molecule has 0 unspecified atom stereocenters. The minimum Gasteiger partial charge on any atom is -0.495 e. The second kappa shape index (κ2) is 9.11. The summed E-state index contributed by atoms with van der Waals surface area (Å²) in [6, 6.07) is 6.99. The van der Waals surface area contributed by atoms with Gasteiger partial charge in [-0.3, -0.25) is 4.72 Å². The number of aryl methyl sites for hydroxylation is 2. The highest BCUT2D eigenvalue weighted by molar-refractivity contribution is 7.92. The topological polar surface area (TPSA) is 102 Å². The molecule has 0 fully saturated rings. The second-order valence-corrected chi connectivity index (χ2v) is 9.90. The van der Waals surface area contributed by atoms with Crippen molar-refractivity contribution in [2.24, 2.45) is 0 Å². The number of ether oxygens (including phenoxy) is 2. The molecule has 10 heteroatoms. The first-order chi connectivity index (χ1) is 14.6. The number of rotatable bonds is 8. The van der Waals surface area contributed by atoms with Gasteiger partial charge >= 0.3 is 0 Å². The summed E-state index contributed by atoms with van der Waals surface area (Å²) in [5, 5.41) is 4.08. The lowest BCUT2D eigenvalue weighted by Gasteiger charge is -2.14. The summed E-state index contributed by atoms with van der Waals surface area (Å²) in [5.41, 5.74) is 2.63. The van der Waals surface area contributed by atoms with Gasteiger partial charge in [0.25, 0.3) is 10.0 Å². The average Bonchev–Trinajstić information content (AvgIpc) is 3.08. The molecular formula is C21H26N4O4S2. The number of anilines is 2. The van der Waals surface area contributed by atoms with Crippen molar-refractivity contribution in [1.29, 1.82) is 0 Å². The zero-order chi connectivity index (χ0) is 22.8. The van der Waals surface area contributed by atoms with Gasteiger partial charge in [0, 0.05) is 12.1 Å². The van der Waals surface area contributed by atoms with Crippen molar-refractivity contribution in [2.45, 2.75) is 38.6 Å². The Labute approximate surface area is 186 Å². The van der Waals surface area contributed by atoms with Crippen LogP contribution in [0.4, 0.5) is 10.8 Å². The van der Waals surface area contributed by atoms with Crippen molar-refractivity contribution < 1.29 is 17.9 Å². The van der Waals surface area contributed by atoms with Crippen LogP contribution in [0.25, 0.3) is 10.4 Å². The maximum atomic E-state index is 13.2. The first-order valence-corrected chi connectivity index (χ1v) is 11.9. The number of hydrogen-bond acceptors (Lipinski definition) is 8. The quantitative estimate of drug-likeness (QED) is 0.509. The predicted octanol–water partition coefficient (Wildman–Crippen LogP) is 4.46. The van der Waals surface area contributed by atoms with E-state index in [1.165, 1.54) is 31.8 Å². The van der Waals surface area contributed by atoms with Crippen LogP contribution in [0.15, 0.2) is 35.4 Å². The first kappa shape index (κ1) is 22.8. The molecule has 0 aliphatic heterocycles. The Morgan fingerprint density at radius 1 is 1.10 bits per heavy atom. The van der Waals surface area contributed by atoms with E-state index in [0.29, 0.717) is 17.1 Å². The monoisotopic (exact) mass is 462 g/mol. The highest BCUT2D eigenvalue weighted by Crippen LogP contribution is 2.37. The minimum absolute atomic E-state index is 0.0360. The Bertz CT molecular complexity index is 1190. The molecule has 0 amide bonds. The van der Waals surface area contributed by atoms with E-state index in [2.05, 4.69) is 20.0 Å². The molecule has 0 aliphatic rings. The van der Waals surface area contributed by atoms with Crippen LogP contribution in [0, 0.1) is 13.8 Å². The molecule has 1 aromatic carbocycles. The number of benzene rings is 1. The third-order valence-corrected chi connectivity index (χ3v) is 6.99. The molecule has 2 heterocycles. The van der Waals surface area contributed by atoms with Crippen LogP contribution in [0.3, 0.4) is 0 Å². The summed E-state index contributed by atoms with van der Waals surface area (Å²) in [5.74, 6) is 0.657. The Hall–Kier alpha value is -2.85. The molecule has 166 valence electrons. The van der Waals surface area contributed by atoms with E-state index in [1.807, 2.05) is 26.8 Å². The second-order valence-electron chi connectivity index (χ2n) is 7.25. The molecule has 2 aromatic heterocycles. The molecule has 8 nitrogen and oxygen atoms in total. The number of thiazole rings is 1. The van der Waals surface area contributed by atoms with Crippen molar-refractivity contribution >= 4 is 32.2 Å². The summed E-state index contributed by atoms with van der Waals surface area (Å²) in [6.07, 6.45) is 1.43. The lowest BCUT2D eigenvalue weighted by Crippen LogP contribution is -2.15. The van der Waals surface area contributed by atoms with Crippen molar-refractivity contribution in [3.8, 4) is 22.1 Å². The van der Waals surface area contributed by atoms with E-state index >= 15 is 0 Å². The lowest BCUT2D eigenvalue weighted by atomic mass is 10.1. The minimum atomic E-state index is -3.94. The number of methoxy groups -OCH3 is 2. The molecule has 3 aromatic rings. The van der Waals surface area contributed by atoms with Gasteiger partial charge in [-0.25, -0.2) is 18.4 Å². The Morgan fingerprint density at radius 3 is 2.45 bits per heavy atom. The molecule has 0 spiro atoms. The molecule has 31 heavy (non-hydrogen) atoms. The van der Waals surface area contributed by atoms with Gasteiger partial charge in [0.1, 0.15) is 10.6 Å². The third kappa shape index (κ3) is 5.08. The maximum Gasteiger partial charge on any atom is 0.265 e. The van der Waals surface area contributed by atoms with E-state index < -0.39 is 10.0 Å². The van der Waals surface area contributed by atoms with Crippen molar-refractivity contribution in [2.75, 3.05) is 24.3 Å².